The molecule has 0 aromatic heterocycles. The number of aliphatic hydroxyl groups is 2. The minimum absolute atomic E-state index is 0.166. The Kier molecular flexibility index (Phi) is 4.58. The highest BCUT2D eigenvalue weighted by Crippen LogP contribution is 2.24. The van der Waals surface area contributed by atoms with Crippen LogP contribution >= 0.6 is 0 Å². The minimum atomic E-state index is -4.54. The van der Waals surface area contributed by atoms with Gasteiger partial charge in [-0.1, -0.05) is 0 Å². The number of hydrogen-bond acceptors (Lipinski definition) is 3. The Hall–Kier alpha value is -0.330. The van der Waals surface area contributed by atoms with Crippen LogP contribution in [0.2, 0.25) is 0 Å². The van der Waals surface area contributed by atoms with Crippen molar-refractivity contribution in [1.29, 1.82) is 0 Å². The fourth-order valence-electron chi connectivity index (χ4n) is 1.97. The number of piperidine rings is 1. The first-order valence-electron chi connectivity index (χ1n) is 5.46. The molecule has 1 rings (SSSR count). The highest BCUT2D eigenvalue weighted by Gasteiger charge is 2.39. The lowest BCUT2D eigenvalue weighted by atomic mass is 9.92. The van der Waals surface area contributed by atoms with Crippen molar-refractivity contribution >= 4 is 0 Å². The van der Waals surface area contributed by atoms with Gasteiger partial charge in [0.2, 0.25) is 0 Å². The molecule has 0 bridgehead atoms. The Labute approximate surface area is 92.9 Å². The summed E-state index contributed by atoms with van der Waals surface area (Å²) in [7, 11) is 0. The molecule has 0 aromatic rings. The second-order valence-electron chi connectivity index (χ2n) is 4.44. The van der Waals surface area contributed by atoms with Gasteiger partial charge in [0, 0.05) is 6.54 Å². The number of rotatable bonds is 3. The van der Waals surface area contributed by atoms with E-state index in [0.717, 1.165) is 0 Å². The van der Waals surface area contributed by atoms with E-state index >= 15 is 0 Å². The van der Waals surface area contributed by atoms with Crippen molar-refractivity contribution in [2.75, 3.05) is 19.6 Å². The Morgan fingerprint density at radius 1 is 1.25 bits per heavy atom. The quantitative estimate of drug-likeness (QED) is 0.774. The third-order valence-electron chi connectivity index (χ3n) is 3.12. The van der Waals surface area contributed by atoms with Gasteiger partial charge < -0.3 is 15.1 Å². The van der Waals surface area contributed by atoms with Gasteiger partial charge in [0.15, 0.2) is 6.10 Å². The highest BCUT2D eigenvalue weighted by atomic mass is 19.4. The molecule has 0 spiro atoms. The maximum Gasteiger partial charge on any atom is 0.415 e. The maximum atomic E-state index is 12.1. The normalized spacial score (nSPS) is 24.4. The van der Waals surface area contributed by atoms with E-state index < -0.39 is 18.4 Å². The van der Waals surface area contributed by atoms with Crippen LogP contribution in [0.15, 0.2) is 0 Å². The zero-order valence-electron chi connectivity index (χ0n) is 9.24. The van der Waals surface area contributed by atoms with Crippen molar-refractivity contribution in [3.05, 3.63) is 0 Å². The van der Waals surface area contributed by atoms with Gasteiger partial charge in [0.1, 0.15) is 0 Å². The third kappa shape index (κ3) is 3.92. The highest BCUT2D eigenvalue weighted by molar-refractivity contribution is 4.78. The number of nitrogens with zero attached hydrogens (tertiary/aromatic N) is 1. The van der Waals surface area contributed by atoms with E-state index in [4.69, 9.17) is 5.11 Å². The lowest BCUT2D eigenvalue weighted by Crippen LogP contribution is -2.45. The SMILES string of the molecule is CC(O)C1CCN(CC(O)C(F)(F)F)CC1. The summed E-state index contributed by atoms with van der Waals surface area (Å²) in [6, 6.07) is 0. The van der Waals surface area contributed by atoms with Crippen LogP contribution in [0.5, 0.6) is 0 Å². The summed E-state index contributed by atoms with van der Waals surface area (Å²) in [5.41, 5.74) is 0. The Morgan fingerprint density at radius 2 is 1.75 bits per heavy atom. The van der Waals surface area contributed by atoms with Gasteiger partial charge in [0.05, 0.1) is 6.10 Å². The second kappa shape index (κ2) is 5.33. The van der Waals surface area contributed by atoms with E-state index in [0.29, 0.717) is 25.9 Å². The Bertz CT molecular complexity index is 213. The van der Waals surface area contributed by atoms with Crippen molar-refractivity contribution in [2.24, 2.45) is 5.92 Å². The molecule has 6 heteroatoms. The number of hydrogen-bond donors (Lipinski definition) is 2. The fourth-order valence-corrected chi connectivity index (χ4v) is 1.97. The number of halogens is 3. The number of likely N-dealkylation sites (tertiary alicyclic amines) is 1. The average molecular weight is 241 g/mol. The molecule has 0 saturated carbocycles. The van der Waals surface area contributed by atoms with Gasteiger partial charge in [-0.15, -0.1) is 0 Å². The summed E-state index contributed by atoms with van der Waals surface area (Å²) < 4.78 is 36.3. The van der Waals surface area contributed by atoms with Gasteiger partial charge >= 0.3 is 6.18 Å². The monoisotopic (exact) mass is 241 g/mol. The van der Waals surface area contributed by atoms with Gasteiger partial charge in [-0.2, -0.15) is 13.2 Å². The van der Waals surface area contributed by atoms with Gasteiger partial charge in [-0.3, -0.25) is 0 Å². The van der Waals surface area contributed by atoms with Crippen LogP contribution in [0.3, 0.4) is 0 Å². The summed E-state index contributed by atoms with van der Waals surface area (Å²) in [5.74, 6) is 0.166. The molecule has 0 amide bonds. The van der Waals surface area contributed by atoms with E-state index in [1.165, 1.54) is 0 Å². The molecule has 0 aliphatic carbocycles. The molecule has 16 heavy (non-hydrogen) atoms. The molecule has 1 heterocycles. The van der Waals surface area contributed by atoms with E-state index in [2.05, 4.69) is 0 Å². The predicted octanol–water partition coefficient (Wildman–Crippen LogP) is 1.00. The predicted molar refractivity (Wildman–Crippen MR) is 52.9 cm³/mol. The van der Waals surface area contributed by atoms with Crippen LogP contribution in [-0.2, 0) is 0 Å². The van der Waals surface area contributed by atoms with E-state index in [1.54, 1.807) is 11.8 Å². The van der Waals surface area contributed by atoms with Crippen LogP contribution in [0.25, 0.3) is 0 Å². The molecule has 0 aromatic carbocycles. The summed E-state index contributed by atoms with van der Waals surface area (Å²) in [6.45, 7) is 2.34. The molecule has 96 valence electrons. The average Bonchev–Trinajstić information content (AvgIpc) is 2.17. The Morgan fingerprint density at radius 3 is 2.12 bits per heavy atom. The molecule has 2 N–H and O–H groups in total. The standard InChI is InChI=1S/C10H18F3NO2/c1-7(15)8-2-4-14(5-3-8)6-9(16)10(11,12)13/h7-9,15-16H,2-6H2,1H3. The fraction of sp³-hybridized carbons (Fsp3) is 1.00. The molecule has 2 unspecified atom stereocenters. The van der Waals surface area contributed by atoms with Gasteiger partial charge in [-0.05, 0) is 38.8 Å². The number of β-amino-alcohol motifs (C(OH)–C–C–N with tert-alkyl or cyclic N) is 1. The molecule has 3 nitrogen and oxygen atoms in total. The maximum absolute atomic E-state index is 12.1. The molecule has 1 aliphatic heterocycles. The molecule has 2 atom stereocenters. The summed E-state index contributed by atoms with van der Waals surface area (Å²) in [4.78, 5) is 1.59. The minimum Gasteiger partial charge on any atom is -0.393 e. The number of aliphatic hydroxyl groups excluding tert-OH is 2. The van der Waals surface area contributed by atoms with Crippen molar-refractivity contribution in [3.8, 4) is 0 Å². The Balaban J connectivity index is 2.32. The zero-order valence-corrected chi connectivity index (χ0v) is 9.24. The molecule has 1 aliphatic rings. The van der Waals surface area contributed by atoms with E-state index in [-0.39, 0.29) is 12.5 Å². The van der Waals surface area contributed by atoms with E-state index in [1.807, 2.05) is 0 Å². The molecular weight excluding hydrogens is 223 g/mol. The molecule has 1 fully saturated rings. The summed E-state index contributed by atoms with van der Waals surface area (Å²) in [5, 5.41) is 18.2. The van der Waals surface area contributed by atoms with Crippen LogP contribution in [0.4, 0.5) is 13.2 Å². The third-order valence-corrected chi connectivity index (χ3v) is 3.12. The molecule has 0 radical (unpaired) electrons. The lowest BCUT2D eigenvalue weighted by Gasteiger charge is -2.34. The smallest absolute Gasteiger partial charge is 0.393 e. The van der Waals surface area contributed by atoms with Gasteiger partial charge in [-0.25, -0.2) is 0 Å². The molecular formula is C10H18F3NO2. The first-order valence-corrected chi connectivity index (χ1v) is 5.46. The molecule has 1 saturated heterocycles. The topological polar surface area (TPSA) is 43.7 Å². The van der Waals surface area contributed by atoms with Crippen molar-refractivity contribution in [1.82, 2.24) is 4.90 Å². The van der Waals surface area contributed by atoms with Crippen molar-refractivity contribution in [3.63, 3.8) is 0 Å². The lowest BCUT2D eigenvalue weighted by molar-refractivity contribution is -0.209. The largest absolute Gasteiger partial charge is 0.415 e. The second-order valence-corrected chi connectivity index (χ2v) is 4.44. The van der Waals surface area contributed by atoms with E-state index in [9.17, 15) is 18.3 Å². The van der Waals surface area contributed by atoms with Crippen molar-refractivity contribution in [2.45, 2.75) is 38.1 Å². The van der Waals surface area contributed by atoms with Crippen LogP contribution in [0.1, 0.15) is 19.8 Å². The summed E-state index contributed by atoms with van der Waals surface area (Å²) >= 11 is 0. The first kappa shape index (κ1) is 13.7. The van der Waals surface area contributed by atoms with Crippen LogP contribution in [0, 0.1) is 5.92 Å². The van der Waals surface area contributed by atoms with Crippen molar-refractivity contribution < 1.29 is 23.4 Å². The zero-order chi connectivity index (χ0) is 12.3. The summed E-state index contributed by atoms with van der Waals surface area (Å²) in [6.07, 6.45) is -5.85. The first-order chi connectivity index (χ1) is 7.30. The van der Waals surface area contributed by atoms with Crippen LogP contribution in [-0.4, -0.2) is 53.1 Å². The van der Waals surface area contributed by atoms with Gasteiger partial charge in [0.25, 0.3) is 0 Å². The number of alkyl halides is 3. The van der Waals surface area contributed by atoms with Crippen LogP contribution < -0.4 is 0 Å².